The largest absolute Gasteiger partial charge is 0.300 e. The number of hydrogen-bond donors (Lipinski definition) is 0. The number of hydrogen-bond acceptors (Lipinski definition) is 1. The minimum absolute atomic E-state index is 0.441. The number of rotatable bonds is 0. The molecule has 1 heteroatoms. The fourth-order valence-corrected chi connectivity index (χ4v) is 1.37. The van der Waals surface area contributed by atoms with Gasteiger partial charge in [-0.1, -0.05) is 18.6 Å². The molecule has 0 spiro atoms. The minimum Gasteiger partial charge on any atom is -0.300 e. The Morgan fingerprint density at radius 1 is 0.909 bits per heavy atom. The van der Waals surface area contributed by atoms with Crippen LogP contribution in [0.15, 0.2) is 12.2 Å². The van der Waals surface area contributed by atoms with Crippen molar-refractivity contribution in [1.29, 1.82) is 0 Å². The lowest BCUT2D eigenvalue weighted by Crippen LogP contribution is -1.97. The monoisotopic (exact) mass is 152 g/mol. The van der Waals surface area contributed by atoms with Crippen LogP contribution < -0.4 is 0 Å². The summed E-state index contributed by atoms with van der Waals surface area (Å²) in [5.74, 6) is 0.441. The maximum absolute atomic E-state index is 11.1. The van der Waals surface area contributed by atoms with E-state index in [1.165, 1.54) is 19.3 Å². The normalized spacial score (nSPS) is 24.5. The molecule has 0 fully saturated rings. The molecule has 0 aromatic carbocycles. The summed E-state index contributed by atoms with van der Waals surface area (Å²) in [4.78, 5) is 11.1. The average molecular weight is 152 g/mol. The van der Waals surface area contributed by atoms with E-state index in [4.69, 9.17) is 0 Å². The van der Waals surface area contributed by atoms with Crippen molar-refractivity contribution < 1.29 is 4.79 Å². The van der Waals surface area contributed by atoms with E-state index in [1.807, 2.05) is 0 Å². The molecule has 0 atom stereocenters. The van der Waals surface area contributed by atoms with Crippen molar-refractivity contribution in [3.05, 3.63) is 12.2 Å². The molecule has 0 N–H and O–H groups in total. The maximum atomic E-state index is 11.1. The van der Waals surface area contributed by atoms with Crippen LogP contribution in [0.2, 0.25) is 0 Å². The van der Waals surface area contributed by atoms with E-state index >= 15 is 0 Å². The number of Topliss-reactive ketones (excluding diaryl/α,β-unsaturated/α-hetero) is 1. The summed E-state index contributed by atoms with van der Waals surface area (Å²) in [6.45, 7) is 0. The van der Waals surface area contributed by atoms with E-state index in [-0.39, 0.29) is 0 Å². The molecule has 0 heterocycles. The lowest BCUT2D eigenvalue weighted by molar-refractivity contribution is -0.119. The fraction of sp³-hybridized carbons (Fsp3) is 0.700. The molecular formula is C10H16O. The van der Waals surface area contributed by atoms with Gasteiger partial charge >= 0.3 is 0 Å². The zero-order valence-corrected chi connectivity index (χ0v) is 7.01. The van der Waals surface area contributed by atoms with Crippen LogP contribution in [-0.4, -0.2) is 5.78 Å². The predicted octanol–water partition coefficient (Wildman–Crippen LogP) is 2.86. The molecule has 0 amide bonds. The third kappa shape index (κ3) is 3.97. The summed E-state index contributed by atoms with van der Waals surface area (Å²) in [5.41, 5.74) is 0. The first-order valence-electron chi connectivity index (χ1n) is 4.56. The quantitative estimate of drug-likeness (QED) is 0.488. The second kappa shape index (κ2) is 5.11. The lowest BCUT2D eigenvalue weighted by atomic mass is 10.0. The van der Waals surface area contributed by atoms with Gasteiger partial charge in [-0.25, -0.2) is 0 Å². The van der Waals surface area contributed by atoms with E-state index in [1.54, 1.807) is 0 Å². The van der Waals surface area contributed by atoms with Crippen molar-refractivity contribution in [2.45, 2.75) is 44.9 Å². The van der Waals surface area contributed by atoms with Gasteiger partial charge in [0, 0.05) is 12.8 Å². The van der Waals surface area contributed by atoms with Gasteiger partial charge in [0.2, 0.25) is 0 Å². The molecule has 62 valence electrons. The van der Waals surface area contributed by atoms with Crippen molar-refractivity contribution in [3.8, 4) is 0 Å². The van der Waals surface area contributed by atoms with Gasteiger partial charge in [0.25, 0.3) is 0 Å². The number of carbonyl (C=O) groups is 1. The van der Waals surface area contributed by atoms with Crippen LogP contribution >= 0.6 is 0 Å². The van der Waals surface area contributed by atoms with Crippen LogP contribution in [-0.2, 0) is 4.79 Å². The molecule has 0 bridgehead atoms. The summed E-state index contributed by atoms with van der Waals surface area (Å²) < 4.78 is 0. The van der Waals surface area contributed by atoms with Crippen LogP contribution in [0, 0.1) is 0 Å². The highest BCUT2D eigenvalue weighted by molar-refractivity contribution is 5.78. The molecule has 0 unspecified atom stereocenters. The molecule has 11 heavy (non-hydrogen) atoms. The second-order valence-electron chi connectivity index (χ2n) is 3.15. The van der Waals surface area contributed by atoms with Crippen LogP contribution in [0.5, 0.6) is 0 Å². The van der Waals surface area contributed by atoms with Gasteiger partial charge in [0.15, 0.2) is 0 Å². The van der Waals surface area contributed by atoms with Crippen LogP contribution in [0.4, 0.5) is 0 Å². The molecule has 0 saturated carbocycles. The summed E-state index contributed by atoms with van der Waals surface area (Å²) in [6.07, 6.45) is 11.7. The Bertz CT molecular complexity index is 147. The van der Waals surface area contributed by atoms with E-state index in [2.05, 4.69) is 12.2 Å². The molecule has 1 aliphatic rings. The molecule has 0 saturated heterocycles. The summed E-state index contributed by atoms with van der Waals surface area (Å²) in [6, 6.07) is 0. The van der Waals surface area contributed by atoms with Gasteiger partial charge in [-0.15, -0.1) is 0 Å². The molecule has 0 radical (unpaired) electrons. The standard InChI is InChI=1S/C10H16O/c11-10-8-6-4-2-1-3-5-7-9-10/h2,4H,1,3,5-9H2/b4-2+. The van der Waals surface area contributed by atoms with Gasteiger partial charge in [0.1, 0.15) is 5.78 Å². The Hall–Kier alpha value is -0.590. The molecule has 0 aliphatic heterocycles. The number of allylic oxidation sites excluding steroid dienone is 2. The van der Waals surface area contributed by atoms with E-state index in [0.29, 0.717) is 5.78 Å². The Labute approximate surface area is 68.5 Å². The van der Waals surface area contributed by atoms with E-state index in [0.717, 1.165) is 25.7 Å². The first-order valence-corrected chi connectivity index (χ1v) is 4.56. The van der Waals surface area contributed by atoms with Gasteiger partial charge in [-0.3, -0.25) is 4.79 Å². The molecule has 0 aromatic heterocycles. The summed E-state index contributed by atoms with van der Waals surface area (Å²) >= 11 is 0. The van der Waals surface area contributed by atoms with Gasteiger partial charge in [-0.2, -0.15) is 0 Å². The Morgan fingerprint density at radius 3 is 2.64 bits per heavy atom. The van der Waals surface area contributed by atoms with E-state index < -0.39 is 0 Å². The maximum Gasteiger partial charge on any atom is 0.133 e. The highest BCUT2D eigenvalue weighted by atomic mass is 16.1. The fourth-order valence-electron chi connectivity index (χ4n) is 1.37. The number of ketones is 1. The third-order valence-electron chi connectivity index (χ3n) is 2.08. The molecule has 0 aromatic rings. The summed E-state index contributed by atoms with van der Waals surface area (Å²) in [7, 11) is 0. The molecule has 1 nitrogen and oxygen atoms in total. The number of carbonyl (C=O) groups excluding carboxylic acids is 1. The minimum atomic E-state index is 0.441. The molecule has 1 rings (SSSR count). The average Bonchev–Trinajstić information content (AvgIpc) is 2.03. The van der Waals surface area contributed by atoms with Gasteiger partial charge in [0.05, 0.1) is 0 Å². The second-order valence-corrected chi connectivity index (χ2v) is 3.15. The van der Waals surface area contributed by atoms with Crippen molar-refractivity contribution in [2.75, 3.05) is 0 Å². The van der Waals surface area contributed by atoms with Crippen molar-refractivity contribution >= 4 is 5.78 Å². The first kappa shape index (κ1) is 8.51. The highest BCUT2D eigenvalue weighted by Gasteiger charge is 2.00. The van der Waals surface area contributed by atoms with Gasteiger partial charge < -0.3 is 0 Å². The van der Waals surface area contributed by atoms with Gasteiger partial charge in [-0.05, 0) is 25.7 Å². The Balaban J connectivity index is 2.29. The van der Waals surface area contributed by atoms with Crippen molar-refractivity contribution in [2.24, 2.45) is 0 Å². The topological polar surface area (TPSA) is 17.1 Å². The predicted molar refractivity (Wildman–Crippen MR) is 46.5 cm³/mol. The van der Waals surface area contributed by atoms with Crippen LogP contribution in [0.1, 0.15) is 44.9 Å². The molecular weight excluding hydrogens is 136 g/mol. The first-order chi connectivity index (χ1) is 5.39. The lowest BCUT2D eigenvalue weighted by Gasteiger charge is -2.01. The van der Waals surface area contributed by atoms with Crippen LogP contribution in [0.25, 0.3) is 0 Å². The summed E-state index contributed by atoms with van der Waals surface area (Å²) in [5, 5.41) is 0. The zero-order valence-electron chi connectivity index (χ0n) is 7.01. The molecule has 1 aliphatic carbocycles. The van der Waals surface area contributed by atoms with Crippen LogP contribution in [0.3, 0.4) is 0 Å². The van der Waals surface area contributed by atoms with E-state index in [9.17, 15) is 4.79 Å². The third-order valence-corrected chi connectivity index (χ3v) is 2.08. The Kier molecular flexibility index (Phi) is 3.95. The highest BCUT2D eigenvalue weighted by Crippen LogP contribution is 2.09. The SMILES string of the molecule is O=C1CC/C=C/CCCCC1. The Morgan fingerprint density at radius 2 is 1.73 bits per heavy atom. The smallest absolute Gasteiger partial charge is 0.133 e. The zero-order chi connectivity index (χ0) is 7.94. The van der Waals surface area contributed by atoms with Crippen molar-refractivity contribution in [1.82, 2.24) is 0 Å². The van der Waals surface area contributed by atoms with Crippen molar-refractivity contribution in [3.63, 3.8) is 0 Å².